The lowest BCUT2D eigenvalue weighted by Gasteiger charge is -2.37. The third kappa shape index (κ3) is 4.55. The smallest absolute Gasteiger partial charge is 0.252 e. The van der Waals surface area contributed by atoms with Gasteiger partial charge in [0, 0.05) is 39.6 Å². The van der Waals surface area contributed by atoms with Crippen molar-refractivity contribution in [3.8, 4) is 5.75 Å². The molecule has 2 unspecified atom stereocenters. The second-order valence-electron chi connectivity index (χ2n) is 10.2. The van der Waals surface area contributed by atoms with Gasteiger partial charge in [-0.25, -0.2) is 0 Å². The summed E-state index contributed by atoms with van der Waals surface area (Å²) in [7, 11) is 0. The molecule has 8 heteroatoms. The molecular formula is C28H33BrN4O2S. The number of nitrogens with zero attached hydrogens (tertiary/aromatic N) is 2. The molecule has 1 amide bonds. The van der Waals surface area contributed by atoms with Crippen molar-refractivity contribution in [1.29, 1.82) is 0 Å². The molecule has 0 saturated carbocycles. The van der Waals surface area contributed by atoms with Gasteiger partial charge in [-0.05, 0) is 80.5 Å². The predicted molar refractivity (Wildman–Crippen MR) is 151 cm³/mol. The quantitative estimate of drug-likeness (QED) is 0.275. The molecule has 2 aliphatic heterocycles. The summed E-state index contributed by atoms with van der Waals surface area (Å²) in [6, 6.07) is 14.5. The molecule has 3 aromatic rings. The van der Waals surface area contributed by atoms with Gasteiger partial charge in [0.25, 0.3) is 5.91 Å². The number of aromatic nitrogens is 1. The molecule has 0 radical (unpaired) electrons. The van der Waals surface area contributed by atoms with Crippen molar-refractivity contribution in [1.82, 2.24) is 20.1 Å². The van der Waals surface area contributed by atoms with Gasteiger partial charge >= 0.3 is 0 Å². The number of thiocarbonyl (C=S) groups is 1. The Labute approximate surface area is 226 Å². The van der Waals surface area contributed by atoms with Crippen LogP contribution < -0.4 is 10.1 Å². The van der Waals surface area contributed by atoms with Gasteiger partial charge in [0.05, 0.1) is 12.6 Å². The Balaban J connectivity index is 1.48. The molecule has 190 valence electrons. The van der Waals surface area contributed by atoms with Gasteiger partial charge in [-0.2, -0.15) is 0 Å². The van der Waals surface area contributed by atoms with Crippen LogP contribution in [0.2, 0.25) is 0 Å². The van der Waals surface area contributed by atoms with Crippen molar-refractivity contribution >= 4 is 50.1 Å². The average Bonchev–Trinajstić information content (AvgIpc) is 3.32. The van der Waals surface area contributed by atoms with E-state index in [1.54, 1.807) is 4.90 Å². The number of nitrogens with one attached hydrogen (secondary N) is 2. The van der Waals surface area contributed by atoms with E-state index < -0.39 is 0 Å². The third-order valence-electron chi connectivity index (χ3n) is 6.99. The number of hydrogen-bond acceptors (Lipinski definition) is 4. The fourth-order valence-electron chi connectivity index (χ4n) is 5.34. The highest BCUT2D eigenvalue weighted by atomic mass is 79.9. The topological polar surface area (TPSA) is 60.6 Å². The summed E-state index contributed by atoms with van der Waals surface area (Å²) in [5.74, 6) is 0.935. The zero-order chi connectivity index (χ0) is 25.6. The Kier molecular flexibility index (Phi) is 7.12. The predicted octanol–water partition coefficient (Wildman–Crippen LogP) is 5.55. The van der Waals surface area contributed by atoms with Crippen LogP contribution in [0, 0.1) is 0 Å². The molecule has 1 fully saturated rings. The van der Waals surface area contributed by atoms with Gasteiger partial charge < -0.3 is 19.9 Å². The van der Waals surface area contributed by atoms with Crippen LogP contribution in [0.5, 0.6) is 5.75 Å². The second-order valence-corrected chi connectivity index (χ2v) is 11.5. The summed E-state index contributed by atoms with van der Waals surface area (Å²) >= 11 is 9.52. The van der Waals surface area contributed by atoms with Crippen molar-refractivity contribution in [2.45, 2.75) is 64.7 Å². The lowest BCUT2D eigenvalue weighted by Crippen LogP contribution is -2.44. The molecule has 1 aromatic heterocycles. The van der Waals surface area contributed by atoms with Gasteiger partial charge in [-0.15, -0.1) is 0 Å². The number of amides is 1. The molecule has 2 atom stereocenters. The molecule has 2 aliphatic rings. The Bertz CT molecular complexity index is 1290. The normalized spacial score (nSPS) is 19.5. The third-order valence-corrected chi connectivity index (χ3v) is 7.89. The molecule has 6 nitrogen and oxygen atoms in total. The SMILES string of the molecule is CC(C)NCCCOc1ccc(C2c3[nH]c4ccc(Br)cc4c3CC3C(=O)N(C(C)C)C(=S)N32)cc1. The molecule has 36 heavy (non-hydrogen) atoms. The minimum atomic E-state index is -0.306. The van der Waals surface area contributed by atoms with E-state index in [4.69, 9.17) is 17.0 Å². The highest BCUT2D eigenvalue weighted by Gasteiger charge is 2.51. The summed E-state index contributed by atoms with van der Waals surface area (Å²) in [4.78, 5) is 21.1. The van der Waals surface area contributed by atoms with Crippen LogP contribution in [0.4, 0.5) is 0 Å². The van der Waals surface area contributed by atoms with Crippen LogP contribution in [-0.4, -0.2) is 57.1 Å². The minimum absolute atomic E-state index is 0.0152. The summed E-state index contributed by atoms with van der Waals surface area (Å²) in [6.07, 6.45) is 1.59. The first-order valence-corrected chi connectivity index (χ1v) is 13.9. The maximum Gasteiger partial charge on any atom is 0.252 e. The Hall–Kier alpha value is -2.42. The number of rotatable bonds is 8. The molecule has 0 bridgehead atoms. The number of carbonyl (C=O) groups is 1. The Morgan fingerprint density at radius 3 is 2.61 bits per heavy atom. The fourth-order valence-corrected chi connectivity index (χ4v) is 6.23. The van der Waals surface area contributed by atoms with Crippen LogP contribution in [0.1, 0.15) is 57.0 Å². The van der Waals surface area contributed by atoms with Gasteiger partial charge in [-0.1, -0.05) is 41.9 Å². The van der Waals surface area contributed by atoms with Crippen molar-refractivity contribution in [2.75, 3.05) is 13.2 Å². The standard InChI is InChI=1S/C28H33BrN4O2S/c1-16(2)30-12-5-13-35-20-9-6-18(7-10-20)26-25-22(21-14-19(29)8-11-23(21)31-25)15-24-27(34)32(17(3)4)28(36)33(24)26/h6-11,14,16-17,24,26,30-31H,5,12-13,15H2,1-4H3. The second kappa shape index (κ2) is 10.1. The molecule has 2 aromatic carbocycles. The van der Waals surface area contributed by atoms with E-state index in [1.807, 2.05) is 32.0 Å². The number of H-pyrrole nitrogens is 1. The highest BCUT2D eigenvalue weighted by molar-refractivity contribution is 9.10. The molecule has 5 rings (SSSR count). The summed E-state index contributed by atoms with van der Waals surface area (Å²) < 4.78 is 7.01. The lowest BCUT2D eigenvalue weighted by atomic mass is 9.89. The number of halogens is 1. The first-order valence-electron chi connectivity index (χ1n) is 12.7. The number of hydrogen-bond donors (Lipinski definition) is 2. The number of carbonyl (C=O) groups excluding carboxylic acids is 1. The minimum Gasteiger partial charge on any atom is -0.494 e. The molecule has 0 aliphatic carbocycles. The van der Waals surface area contributed by atoms with Crippen LogP contribution in [-0.2, 0) is 11.2 Å². The number of benzene rings is 2. The maximum absolute atomic E-state index is 13.5. The molecule has 1 saturated heterocycles. The molecular weight excluding hydrogens is 536 g/mol. The molecule has 3 heterocycles. The van der Waals surface area contributed by atoms with E-state index in [-0.39, 0.29) is 24.0 Å². The average molecular weight is 570 g/mol. The van der Waals surface area contributed by atoms with Gasteiger partial charge in [0.15, 0.2) is 5.11 Å². The molecule has 2 N–H and O–H groups in total. The first-order chi connectivity index (χ1) is 17.3. The largest absolute Gasteiger partial charge is 0.494 e. The fraction of sp³-hybridized carbons (Fsp3) is 0.429. The number of ether oxygens (including phenoxy) is 1. The van der Waals surface area contributed by atoms with E-state index in [0.717, 1.165) is 45.3 Å². The zero-order valence-electron chi connectivity index (χ0n) is 21.2. The van der Waals surface area contributed by atoms with E-state index in [1.165, 1.54) is 5.56 Å². The van der Waals surface area contributed by atoms with E-state index in [9.17, 15) is 4.79 Å². The number of fused-ring (bicyclic) bond motifs is 4. The Morgan fingerprint density at radius 1 is 1.17 bits per heavy atom. The summed E-state index contributed by atoms with van der Waals surface area (Å²) in [5.41, 5.74) is 4.45. The van der Waals surface area contributed by atoms with Gasteiger partial charge in [0.1, 0.15) is 11.8 Å². The Morgan fingerprint density at radius 2 is 1.92 bits per heavy atom. The summed E-state index contributed by atoms with van der Waals surface area (Å²) in [6.45, 7) is 9.93. The van der Waals surface area contributed by atoms with Crippen LogP contribution in [0.3, 0.4) is 0 Å². The van der Waals surface area contributed by atoms with Crippen molar-refractivity contribution in [3.63, 3.8) is 0 Å². The van der Waals surface area contributed by atoms with Crippen molar-refractivity contribution < 1.29 is 9.53 Å². The van der Waals surface area contributed by atoms with Crippen molar-refractivity contribution in [2.24, 2.45) is 0 Å². The van der Waals surface area contributed by atoms with Gasteiger partial charge in [-0.3, -0.25) is 9.69 Å². The first kappa shape index (κ1) is 25.2. The monoisotopic (exact) mass is 568 g/mol. The zero-order valence-corrected chi connectivity index (χ0v) is 23.6. The van der Waals surface area contributed by atoms with Gasteiger partial charge in [0.2, 0.25) is 0 Å². The van der Waals surface area contributed by atoms with Crippen LogP contribution in [0.15, 0.2) is 46.9 Å². The van der Waals surface area contributed by atoms with E-state index in [0.29, 0.717) is 24.2 Å². The maximum atomic E-state index is 13.5. The van der Waals surface area contributed by atoms with Crippen molar-refractivity contribution in [3.05, 3.63) is 63.8 Å². The van der Waals surface area contributed by atoms with Crippen LogP contribution in [0.25, 0.3) is 10.9 Å². The lowest BCUT2D eigenvalue weighted by molar-refractivity contribution is -0.129. The number of aromatic amines is 1. The van der Waals surface area contributed by atoms with E-state index in [2.05, 4.69) is 69.2 Å². The van der Waals surface area contributed by atoms with Crippen LogP contribution >= 0.6 is 28.1 Å². The highest BCUT2D eigenvalue weighted by Crippen LogP contribution is 2.45. The molecule has 0 spiro atoms. The van der Waals surface area contributed by atoms with E-state index >= 15 is 0 Å². The summed E-state index contributed by atoms with van der Waals surface area (Å²) in [5, 5.41) is 5.17.